The molecule has 63 valence electrons. The summed E-state index contributed by atoms with van der Waals surface area (Å²) in [6.07, 6.45) is 1.95. The van der Waals surface area contributed by atoms with E-state index in [1.165, 1.54) is 0 Å². The smallest absolute Gasteiger partial charge is 0.152 e. The van der Waals surface area contributed by atoms with Gasteiger partial charge in [-0.2, -0.15) is 0 Å². The van der Waals surface area contributed by atoms with Gasteiger partial charge < -0.3 is 10.6 Å². The van der Waals surface area contributed by atoms with Crippen LogP contribution in [0.2, 0.25) is 0 Å². The molecule has 2 rings (SSSR count). The van der Waals surface area contributed by atoms with E-state index in [9.17, 15) is 0 Å². The number of halogens is 1. The van der Waals surface area contributed by atoms with E-state index in [0.717, 1.165) is 24.0 Å². The van der Waals surface area contributed by atoms with E-state index in [2.05, 4.69) is 10.6 Å². The molecule has 0 unspecified atom stereocenters. The average Bonchev–Trinajstić information content (AvgIpc) is 2.47. The zero-order valence-corrected chi connectivity index (χ0v) is 7.36. The van der Waals surface area contributed by atoms with Gasteiger partial charge in [-0.1, -0.05) is 12.1 Å². The van der Waals surface area contributed by atoms with Crippen LogP contribution in [0.3, 0.4) is 0 Å². The molecular formula is C9H10ClN2. The molecule has 0 aliphatic carbocycles. The molecule has 0 saturated carbocycles. The molecule has 3 heteroatoms. The molecule has 1 aliphatic rings. The number of para-hydroxylation sites is 2. The normalized spacial score (nSPS) is 15.1. The van der Waals surface area contributed by atoms with Gasteiger partial charge in [-0.15, -0.1) is 11.6 Å². The summed E-state index contributed by atoms with van der Waals surface area (Å²) in [5.74, 6) is 0.642. The minimum absolute atomic E-state index is 0.642. The number of hydrogen-bond donors (Lipinski definition) is 2. The molecule has 1 heterocycles. The Hall–Kier alpha value is -0.890. The third kappa shape index (κ3) is 1.34. The Bertz CT molecular complexity index is 250. The van der Waals surface area contributed by atoms with E-state index in [1.54, 1.807) is 0 Å². The van der Waals surface area contributed by atoms with Crippen molar-refractivity contribution in [3.8, 4) is 0 Å². The zero-order chi connectivity index (χ0) is 8.39. The number of benzene rings is 1. The van der Waals surface area contributed by atoms with Crippen LogP contribution in [0.15, 0.2) is 24.3 Å². The Balaban J connectivity index is 2.11. The Kier molecular flexibility index (Phi) is 2.09. The summed E-state index contributed by atoms with van der Waals surface area (Å²) in [5, 5.41) is 6.51. The summed E-state index contributed by atoms with van der Waals surface area (Å²) in [6, 6.07) is 8.11. The Morgan fingerprint density at radius 3 is 2.17 bits per heavy atom. The highest BCUT2D eigenvalue weighted by Crippen LogP contribution is 2.32. The van der Waals surface area contributed by atoms with Gasteiger partial charge in [0, 0.05) is 12.3 Å². The highest BCUT2D eigenvalue weighted by atomic mass is 35.5. The van der Waals surface area contributed by atoms with E-state index in [1.807, 2.05) is 24.3 Å². The van der Waals surface area contributed by atoms with Gasteiger partial charge in [0.05, 0.1) is 11.4 Å². The first-order valence-corrected chi connectivity index (χ1v) is 4.48. The van der Waals surface area contributed by atoms with Crippen LogP contribution in [0.4, 0.5) is 11.4 Å². The largest absolute Gasteiger partial charge is 0.358 e. The van der Waals surface area contributed by atoms with Crippen LogP contribution in [-0.2, 0) is 0 Å². The molecule has 0 bridgehead atoms. The summed E-state index contributed by atoms with van der Waals surface area (Å²) in [6.45, 7) is 0. The van der Waals surface area contributed by atoms with Crippen LogP contribution in [-0.4, -0.2) is 5.88 Å². The van der Waals surface area contributed by atoms with Crippen LogP contribution >= 0.6 is 11.6 Å². The Morgan fingerprint density at radius 2 is 1.67 bits per heavy atom. The molecule has 0 fully saturated rings. The molecule has 2 nitrogen and oxygen atoms in total. The van der Waals surface area contributed by atoms with Gasteiger partial charge >= 0.3 is 0 Å². The summed E-state index contributed by atoms with van der Waals surface area (Å²) in [4.78, 5) is 0. The van der Waals surface area contributed by atoms with Crippen molar-refractivity contribution in [2.45, 2.75) is 6.42 Å². The van der Waals surface area contributed by atoms with Gasteiger partial charge in [0.1, 0.15) is 0 Å². The van der Waals surface area contributed by atoms with Crippen molar-refractivity contribution in [3.63, 3.8) is 0 Å². The highest BCUT2D eigenvalue weighted by Gasteiger charge is 2.18. The maximum atomic E-state index is 5.62. The molecule has 1 aromatic rings. The molecule has 0 amide bonds. The first-order chi connectivity index (χ1) is 5.90. The standard InChI is InChI=1S/C9H10ClN2/c10-6-5-9-11-7-3-1-2-4-8(7)12-9/h1-4,11-12H,5-6H2. The van der Waals surface area contributed by atoms with Crippen molar-refractivity contribution < 1.29 is 0 Å². The topological polar surface area (TPSA) is 24.1 Å². The van der Waals surface area contributed by atoms with Gasteiger partial charge in [-0.05, 0) is 12.1 Å². The first-order valence-electron chi connectivity index (χ1n) is 3.95. The van der Waals surface area contributed by atoms with Gasteiger partial charge in [-0.25, -0.2) is 0 Å². The van der Waals surface area contributed by atoms with Gasteiger partial charge in [0.15, 0.2) is 6.17 Å². The second-order valence-electron chi connectivity index (χ2n) is 2.71. The molecule has 1 aliphatic heterocycles. The second kappa shape index (κ2) is 3.23. The lowest BCUT2D eigenvalue weighted by Gasteiger charge is -2.06. The number of hydrogen-bond acceptors (Lipinski definition) is 2. The molecule has 0 spiro atoms. The van der Waals surface area contributed by atoms with Crippen LogP contribution in [0.25, 0.3) is 0 Å². The quantitative estimate of drug-likeness (QED) is 0.686. The molecule has 1 aromatic carbocycles. The molecule has 12 heavy (non-hydrogen) atoms. The van der Waals surface area contributed by atoms with Crippen LogP contribution in [0.1, 0.15) is 6.42 Å². The molecule has 0 atom stereocenters. The van der Waals surface area contributed by atoms with Crippen LogP contribution < -0.4 is 10.6 Å². The van der Waals surface area contributed by atoms with Crippen LogP contribution in [0, 0.1) is 6.17 Å². The zero-order valence-electron chi connectivity index (χ0n) is 6.60. The Labute approximate surface area is 76.9 Å². The van der Waals surface area contributed by atoms with Crippen molar-refractivity contribution in [3.05, 3.63) is 30.4 Å². The molecule has 0 aromatic heterocycles. The number of anilines is 2. The fourth-order valence-corrected chi connectivity index (χ4v) is 1.47. The third-order valence-electron chi connectivity index (χ3n) is 1.84. The van der Waals surface area contributed by atoms with Crippen molar-refractivity contribution in [2.75, 3.05) is 16.5 Å². The van der Waals surface area contributed by atoms with Gasteiger partial charge in [0.25, 0.3) is 0 Å². The van der Waals surface area contributed by atoms with Crippen LogP contribution in [0.5, 0.6) is 0 Å². The van der Waals surface area contributed by atoms with Crippen molar-refractivity contribution in [1.29, 1.82) is 0 Å². The summed E-state index contributed by atoms with van der Waals surface area (Å²) in [7, 11) is 0. The van der Waals surface area contributed by atoms with Crippen molar-refractivity contribution >= 4 is 23.0 Å². The number of alkyl halides is 1. The molecule has 0 saturated heterocycles. The van der Waals surface area contributed by atoms with E-state index in [4.69, 9.17) is 11.6 Å². The summed E-state index contributed by atoms with van der Waals surface area (Å²) >= 11 is 5.62. The Morgan fingerprint density at radius 1 is 1.08 bits per heavy atom. The monoisotopic (exact) mass is 181 g/mol. The lowest BCUT2D eigenvalue weighted by Crippen LogP contribution is -2.11. The second-order valence-corrected chi connectivity index (χ2v) is 3.09. The van der Waals surface area contributed by atoms with E-state index in [0.29, 0.717) is 5.88 Å². The lowest BCUT2D eigenvalue weighted by atomic mass is 10.3. The van der Waals surface area contributed by atoms with Crippen molar-refractivity contribution in [1.82, 2.24) is 0 Å². The van der Waals surface area contributed by atoms with E-state index in [-0.39, 0.29) is 0 Å². The average molecular weight is 182 g/mol. The lowest BCUT2D eigenvalue weighted by molar-refractivity contribution is 0.977. The molecule has 2 N–H and O–H groups in total. The minimum Gasteiger partial charge on any atom is -0.358 e. The summed E-state index contributed by atoms with van der Waals surface area (Å²) in [5.41, 5.74) is 2.27. The maximum Gasteiger partial charge on any atom is 0.152 e. The highest BCUT2D eigenvalue weighted by molar-refractivity contribution is 6.18. The predicted molar refractivity (Wildman–Crippen MR) is 52.3 cm³/mol. The fourth-order valence-electron chi connectivity index (χ4n) is 1.28. The molecular weight excluding hydrogens is 172 g/mol. The first kappa shape index (κ1) is 7.74. The van der Waals surface area contributed by atoms with Gasteiger partial charge in [0.2, 0.25) is 0 Å². The third-order valence-corrected chi connectivity index (χ3v) is 2.03. The minimum atomic E-state index is 0.642. The maximum absolute atomic E-state index is 5.62. The number of nitrogens with one attached hydrogen (secondary N) is 2. The number of fused-ring (bicyclic) bond motifs is 1. The SMILES string of the molecule is ClCC[C]1Nc2ccccc2N1. The predicted octanol–water partition coefficient (Wildman–Crippen LogP) is 2.64. The van der Waals surface area contributed by atoms with Crippen molar-refractivity contribution in [2.24, 2.45) is 0 Å². The fraction of sp³-hybridized carbons (Fsp3) is 0.222. The number of rotatable bonds is 2. The summed E-state index contributed by atoms with van der Waals surface area (Å²) < 4.78 is 0. The van der Waals surface area contributed by atoms with Gasteiger partial charge in [-0.3, -0.25) is 0 Å². The van der Waals surface area contributed by atoms with E-state index < -0.39 is 0 Å². The molecule has 1 radical (unpaired) electrons. The van der Waals surface area contributed by atoms with E-state index >= 15 is 0 Å².